The van der Waals surface area contributed by atoms with Gasteiger partial charge in [-0.1, -0.05) is 6.07 Å². The molecule has 148 valence electrons. The van der Waals surface area contributed by atoms with Crippen molar-refractivity contribution in [2.75, 3.05) is 26.2 Å². The van der Waals surface area contributed by atoms with E-state index in [0.717, 1.165) is 37.9 Å². The van der Waals surface area contributed by atoms with Crippen LogP contribution in [0, 0.1) is 5.41 Å². The number of aromatic nitrogens is 5. The van der Waals surface area contributed by atoms with Crippen LogP contribution in [0.3, 0.4) is 0 Å². The molecular formula is C19H25N7O2. The first-order valence-corrected chi connectivity index (χ1v) is 9.80. The van der Waals surface area contributed by atoms with Gasteiger partial charge in [-0.3, -0.25) is 14.6 Å². The first-order chi connectivity index (χ1) is 13.6. The molecule has 4 rings (SSSR count). The Labute approximate surface area is 163 Å². The van der Waals surface area contributed by atoms with E-state index < -0.39 is 0 Å². The minimum atomic E-state index is -0.00739. The first kappa shape index (κ1) is 18.5. The van der Waals surface area contributed by atoms with Crippen LogP contribution in [-0.2, 0) is 22.6 Å². The molecule has 0 unspecified atom stereocenters. The van der Waals surface area contributed by atoms with Gasteiger partial charge in [0.2, 0.25) is 11.8 Å². The van der Waals surface area contributed by atoms with Crippen LogP contribution >= 0.6 is 0 Å². The smallest absolute Gasteiger partial charge is 0.244 e. The van der Waals surface area contributed by atoms with Crippen molar-refractivity contribution in [2.45, 2.75) is 38.6 Å². The quantitative estimate of drug-likeness (QED) is 0.748. The molecule has 1 atom stereocenters. The molecule has 0 saturated carbocycles. The largest absolute Gasteiger partial charge is 0.342 e. The maximum absolute atomic E-state index is 12.7. The Balaban J connectivity index is 1.38. The van der Waals surface area contributed by atoms with Crippen LogP contribution in [0.2, 0.25) is 0 Å². The third-order valence-electron chi connectivity index (χ3n) is 5.82. The van der Waals surface area contributed by atoms with Crippen molar-refractivity contribution < 1.29 is 9.59 Å². The molecular weight excluding hydrogens is 358 g/mol. The van der Waals surface area contributed by atoms with Gasteiger partial charge in [-0.25, -0.2) is 4.68 Å². The fourth-order valence-electron chi connectivity index (χ4n) is 4.35. The summed E-state index contributed by atoms with van der Waals surface area (Å²) in [6.45, 7) is 3.00. The first-order valence-electron chi connectivity index (χ1n) is 9.80. The molecule has 1 spiro atoms. The molecule has 2 amide bonds. The fourth-order valence-corrected chi connectivity index (χ4v) is 4.35. The van der Waals surface area contributed by atoms with E-state index in [0.29, 0.717) is 26.1 Å². The molecule has 2 fully saturated rings. The highest BCUT2D eigenvalue weighted by atomic mass is 16.2. The summed E-state index contributed by atoms with van der Waals surface area (Å²) in [7, 11) is 0. The molecule has 9 heteroatoms. The van der Waals surface area contributed by atoms with Crippen molar-refractivity contribution in [3.05, 3.63) is 36.4 Å². The van der Waals surface area contributed by atoms with E-state index in [1.165, 1.54) is 11.0 Å². The Morgan fingerprint density at radius 3 is 2.93 bits per heavy atom. The SMILES string of the molecule is O=C1CC[C@@]2(CCCN(C(=O)Cn3cnnn3)C2)CN1CCc1ccccn1. The van der Waals surface area contributed by atoms with E-state index in [1.807, 2.05) is 28.0 Å². The maximum Gasteiger partial charge on any atom is 0.244 e. The minimum absolute atomic E-state index is 0.00739. The Bertz CT molecular complexity index is 811. The molecule has 4 heterocycles. The molecule has 0 bridgehead atoms. The van der Waals surface area contributed by atoms with Gasteiger partial charge in [0.25, 0.3) is 0 Å². The van der Waals surface area contributed by atoms with E-state index in [2.05, 4.69) is 20.5 Å². The summed E-state index contributed by atoms with van der Waals surface area (Å²) in [6.07, 6.45) is 7.40. The van der Waals surface area contributed by atoms with E-state index in [4.69, 9.17) is 0 Å². The number of pyridine rings is 1. The molecule has 0 aromatic carbocycles. The summed E-state index contributed by atoms with van der Waals surface area (Å²) in [5, 5.41) is 10.9. The van der Waals surface area contributed by atoms with Crippen LogP contribution in [-0.4, -0.2) is 73.0 Å². The van der Waals surface area contributed by atoms with E-state index >= 15 is 0 Å². The summed E-state index contributed by atoms with van der Waals surface area (Å²) in [5.41, 5.74) is 0.990. The van der Waals surface area contributed by atoms with Crippen molar-refractivity contribution in [2.24, 2.45) is 5.41 Å². The number of hydrogen-bond acceptors (Lipinski definition) is 6. The lowest BCUT2D eigenvalue weighted by Gasteiger charge is -2.48. The summed E-state index contributed by atoms with van der Waals surface area (Å²) in [6, 6.07) is 5.86. The Kier molecular flexibility index (Phi) is 5.31. The van der Waals surface area contributed by atoms with Crippen molar-refractivity contribution in [1.82, 2.24) is 35.0 Å². The monoisotopic (exact) mass is 383 g/mol. The van der Waals surface area contributed by atoms with Crippen LogP contribution < -0.4 is 0 Å². The summed E-state index contributed by atoms with van der Waals surface area (Å²) >= 11 is 0. The predicted octanol–water partition coefficient (Wildman–Crippen LogP) is 0.542. The summed E-state index contributed by atoms with van der Waals surface area (Å²) in [5.74, 6) is 0.238. The molecule has 2 aromatic rings. The minimum Gasteiger partial charge on any atom is -0.342 e. The highest BCUT2D eigenvalue weighted by molar-refractivity contribution is 5.78. The van der Waals surface area contributed by atoms with Gasteiger partial charge in [-0.15, -0.1) is 5.10 Å². The zero-order valence-corrected chi connectivity index (χ0v) is 15.9. The molecule has 0 N–H and O–H groups in total. The van der Waals surface area contributed by atoms with E-state index in [9.17, 15) is 9.59 Å². The lowest BCUT2D eigenvalue weighted by atomic mass is 9.73. The Hall–Kier alpha value is -2.84. The molecule has 2 saturated heterocycles. The van der Waals surface area contributed by atoms with Gasteiger partial charge in [0.05, 0.1) is 0 Å². The average Bonchev–Trinajstić information content (AvgIpc) is 3.23. The van der Waals surface area contributed by atoms with Gasteiger partial charge in [-0.2, -0.15) is 0 Å². The number of carbonyl (C=O) groups is 2. The van der Waals surface area contributed by atoms with Crippen LogP contribution in [0.4, 0.5) is 0 Å². The van der Waals surface area contributed by atoms with E-state index in [1.54, 1.807) is 6.20 Å². The Morgan fingerprint density at radius 1 is 1.21 bits per heavy atom. The zero-order valence-electron chi connectivity index (χ0n) is 15.9. The van der Waals surface area contributed by atoms with Crippen molar-refractivity contribution in [3.8, 4) is 0 Å². The standard InChI is InChI=1S/C19H25N7O2/c27-17-5-8-19(14-25(17)11-6-16-4-1-2-9-20-16)7-3-10-24(13-19)18(28)12-26-15-21-22-23-26/h1-2,4,9,15H,3,5-8,10-14H2/t19-/m1/s1. The molecule has 2 aliphatic heterocycles. The lowest BCUT2D eigenvalue weighted by molar-refractivity contribution is -0.143. The van der Waals surface area contributed by atoms with Gasteiger partial charge in [0.1, 0.15) is 12.9 Å². The second-order valence-electron chi connectivity index (χ2n) is 7.81. The van der Waals surface area contributed by atoms with E-state index in [-0.39, 0.29) is 23.8 Å². The Morgan fingerprint density at radius 2 is 2.14 bits per heavy atom. The highest BCUT2D eigenvalue weighted by Gasteiger charge is 2.42. The second-order valence-corrected chi connectivity index (χ2v) is 7.81. The van der Waals surface area contributed by atoms with Crippen molar-refractivity contribution >= 4 is 11.8 Å². The number of piperidine rings is 2. The average molecular weight is 383 g/mol. The second kappa shape index (κ2) is 8.04. The van der Waals surface area contributed by atoms with Gasteiger partial charge in [-0.05, 0) is 41.8 Å². The molecule has 2 aromatic heterocycles. The highest BCUT2D eigenvalue weighted by Crippen LogP contribution is 2.39. The molecule has 9 nitrogen and oxygen atoms in total. The molecule has 2 aliphatic rings. The number of nitrogens with zero attached hydrogens (tertiary/aromatic N) is 7. The van der Waals surface area contributed by atoms with Gasteiger partial charge in [0.15, 0.2) is 0 Å². The number of likely N-dealkylation sites (tertiary alicyclic amines) is 2. The molecule has 0 radical (unpaired) electrons. The van der Waals surface area contributed by atoms with Crippen LogP contribution in [0.5, 0.6) is 0 Å². The molecule has 0 aliphatic carbocycles. The van der Waals surface area contributed by atoms with Crippen LogP contribution in [0.15, 0.2) is 30.7 Å². The molecule has 28 heavy (non-hydrogen) atoms. The topological polar surface area (TPSA) is 97.1 Å². The van der Waals surface area contributed by atoms with Crippen molar-refractivity contribution in [1.29, 1.82) is 0 Å². The van der Waals surface area contributed by atoms with Gasteiger partial charge >= 0.3 is 0 Å². The third kappa shape index (κ3) is 4.18. The summed E-state index contributed by atoms with van der Waals surface area (Å²) in [4.78, 5) is 33.4. The van der Waals surface area contributed by atoms with Crippen molar-refractivity contribution in [3.63, 3.8) is 0 Å². The number of carbonyl (C=O) groups excluding carboxylic acids is 2. The third-order valence-corrected chi connectivity index (χ3v) is 5.82. The lowest BCUT2D eigenvalue weighted by Crippen LogP contribution is -2.55. The number of hydrogen-bond donors (Lipinski definition) is 0. The maximum atomic E-state index is 12.7. The number of amides is 2. The number of rotatable bonds is 5. The normalized spacial score (nSPS) is 22.6. The fraction of sp³-hybridized carbons (Fsp3) is 0.579. The zero-order chi connectivity index (χ0) is 19.4. The van der Waals surface area contributed by atoms with Gasteiger partial charge in [0, 0.05) is 56.3 Å². The predicted molar refractivity (Wildman–Crippen MR) is 99.8 cm³/mol. The number of tetrazole rings is 1. The van der Waals surface area contributed by atoms with Crippen LogP contribution in [0.25, 0.3) is 0 Å². The van der Waals surface area contributed by atoms with Gasteiger partial charge < -0.3 is 9.80 Å². The van der Waals surface area contributed by atoms with Crippen LogP contribution in [0.1, 0.15) is 31.4 Å². The summed E-state index contributed by atoms with van der Waals surface area (Å²) < 4.78 is 1.45.